The van der Waals surface area contributed by atoms with Gasteiger partial charge in [0.25, 0.3) is 0 Å². The maximum atomic E-state index is 11.3. The third kappa shape index (κ3) is 2.73. The van der Waals surface area contributed by atoms with Gasteiger partial charge < -0.3 is 5.11 Å². The molecule has 0 aromatic heterocycles. The van der Waals surface area contributed by atoms with Crippen molar-refractivity contribution in [3.63, 3.8) is 0 Å². The highest BCUT2D eigenvalue weighted by atomic mass is 79.9. The second-order valence-electron chi connectivity index (χ2n) is 3.34. The van der Waals surface area contributed by atoms with Gasteiger partial charge in [-0.2, -0.15) is 0 Å². The molecule has 0 radical (unpaired) electrons. The molecule has 0 heterocycles. The van der Waals surface area contributed by atoms with Gasteiger partial charge in [0.2, 0.25) is 0 Å². The van der Waals surface area contributed by atoms with E-state index < -0.39 is 0 Å². The van der Waals surface area contributed by atoms with Crippen LogP contribution in [-0.4, -0.2) is 16.6 Å². The maximum Gasteiger partial charge on any atom is 0.194 e. The van der Waals surface area contributed by atoms with Crippen LogP contribution in [0.4, 0.5) is 5.69 Å². The molecule has 2 rings (SSSR count). The lowest BCUT2D eigenvalue weighted by Gasteiger charge is -2.07. The number of hydrogen-bond donors (Lipinski definition) is 1. The van der Waals surface area contributed by atoms with Crippen LogP contribution in [0.5, 0.6) is 5.75 Å². The Morgan fingerprint density at radius 2 is 1.65 bits per heavy atom. The first kappa shape index (κ1) is 12.3. The molecule has 17 heavy (non-hydrogen) atoms. The van der Waals surface area contributed by atoms with Gasteiger partial charge in [0.05, 0.1) is 20.4 Å². The Hall–Kier alpha value is -1.20. The van der Waals surface area contributed by atoms with E-state index in [0.29, 0.717) is 20.4 Å². The Balaban J connectivity index is 2.38. The van der Waals surface area contributed by atoms with Gasteiger partial charge in [0, 0.05) is 0 Å². The molecule has 1 aromatic rings. The minimum atomic E-state index is -0.0958. The zero-order valence-electron chi connectivity index (χ0n) is 8.52. The number of carbonyl (C=O) groups is 1. The first-order chi connectivity index (χ1) is 8.08. The van der Waals surface area contributed by atoms with Crippen molar-refractivity contribution in [3.8, 4) is 5.75 Å². The highest BCUT2D eigenvalue weighted by Crippen LogP contribution is 2.27. The number of rotatable bonds is 1. The van der Waals surface area contributed by atoms with E-state index >= 15 is 0 Å². The van der Waals surface area contributed by atoms with Crippen molar-refractivity contribution in [2.75, 3.05) is 0 Å². The number of phenols is 1. The van der Waals surface area contributed by atoms with Gasteiger partial charge in [-0.05, 0) is 68.3 Å². The summed E-state index contributed by atoms with van der Waals surface area (Å²) < 4.78 is 1.08. The van der Waals surface area contributed by atoms with E-state index in [9.17, 15) is 4.79 Å². The minimum Gasteiger partial charge on any atom is -0.508 e. The van der Waals surface area contributed by atoms with E-state index in [2.05, 4.69) is 36.9 Å². The fourth-order valence-electron chi connectivity index (χ4n) is 1.27. The van der Waals surface area contributed by atoms with Gasteiger partial charge in [-0.25, -0.2) is 4.99 Å². The van der Waals surface area contributed by atoms with Gasteiger partial charge in [0.15, 0.2) is 5.78 Å². The quantitative estimate of drug-likeness (QED) is 0.781. The Bertz CT molecular complexity index is 556. The number of aromatic hydroxyl groups is 1. The molecule has 1 aromatic carbocycles. The third-order valence-corrected chi connectivity index (χ3v) is 4.25. The summed E-state index contributed by atoms with van der Waals surface area (Å²) >= 11 is 6.51. The largest absolute Gasteiger partial charge is 0.508 e. The number of halogens is 2. The summed E-state index contributed by atoms with van der Waals surface area (Å²) in [5.41, 5.74) is 1.36. The maximum absolute atomic E-state index is 11.3. The van der Waals surface area contributed by atoms with Crippen LogP contribution in [0.3, 0.4) is 0 Å². The number of aliphatic imine (C=N–C) groups is 1. The van der Waals surface area contributed by atoms with Gasteiger partial charge >= 0.3 is 0 Å². The number of nitrogens with zero attached hydrogens (tertiary/aromatic N) is 1. The predicted molar refractivity (Wildman–Crippen MR) is 74.2 cm³/mol. The van der Waals surface area contributed by atoms with Crippen LogP contribution >= 0.6 is 31.9 Å². The highest BCUT2D eigenvalue weighted by molar-refractivity contribution is 9.14. The van der Waals surface area contributed by atoms with Gasteiger partial charge in [0.1, 0.15) is 5.75 Å². The smallest absolute Gasteiger partial charge is 0.194 e. The average Bonchev–Trinajstić information content (AvgIpc) is 2.33. The van der Waals surface area contributed by atoms with Crippen molar-refractivity contribution in [1.29, 1.82) is 0 Å². The van der Waals surface area contributed by atoms with Crippen LogP contribution in [0.15, 0.2) is 50.4 Å². The second-order valence-corrected chi connectivity index (χ2v) is 4.92. The van der Waals surface area contributed by atoms with E-state index in [1.807, 2.05) is 0 Å². The Morgan fingerprint density at radius 3 is 2.29 bits per heavy atom. The zero-order chi connectivity index (χ0) is 12.4. The molecule has 86 valence electrons. The van der Waals surface area contributed by atoms with Crippen LogP contribution < -0.4 is 0 Å². The molecule has 0 bridgehead atoms. The molecule has 0 saturated carbocycles. The molecule has 0 spiro atoms. The normalized spacial score (nSPS) is 18.0. The van der Waals surface area contributed by atoms with Crippen LogP contribution in [-0.2, 0) is 4.79 Å². The molecule has 1 N–H and O–H groups in total. The number of allylic oxidation sites excluding steroid dienone is 4. The molecule has 1 aliphatic rings. The first-order valence-electron chi connectivity index (χ1n) is 4.73. The van der Waals surface area contributed by atoms with Crippen molar-refractivity contribution >= 4 is 49.0 Å². The number of phenolic OH excluding ortho intramolecular Hbond substituents is 1. The van der Waals surface area contributed by atoms with E-state index in [0.717, 1.165) is 0 Å². The summed E-state index contributed by atoms with van der Waals surface area (Å²) in [5, 5.41) is 9.16. The molecule has 1 aliphatic carbocycles. The molecule has 5 heteroatoms. The Labute approximate surface area is 115 Å². The van der Waals surface area contributed by atoms with Crippen LogP contribution in [0, 0.1) is 0 Å². The van der Waals surface area contributed by atoms with Crippen LogP contribution in [0.1, 0.15) is 0 Å². The van der Waals surface area contributed by atoms with Crippen molar-refractivity contribution < 1.29 is 9.90 Å². The van der Waals surface area contributed by atoms with E-state index in [4.69, 9.17) is 5.11 Å². The molecule has 0 atom stereocenters. The zero-order valence-corrected chi connectivity index (χ0v) is 11.7. The van der Waals surface area contributed by atoms with Crippen LogP contribution in [0.2, 0.25) is 0 Å². The van der Waals surface area contributed by atoms with Crippen molar-refractivity contribution in [3.05, 3.63) is 45.4 Å². The number of hydrogen-bond acceptors (Lipinski definition) is 3. The lowest BCUT2D eigenvalue weighted by atomic mass is 10.1. The third-order valence-electron chi connectivity index (χ3n) is 2.13. The number of ketones is 1. The fraction of sp³-hybridized carbons (Fsp3) is 0. The Morgan fingerprint density at radius 1 is 1.00 bits per heavy atom. The fourth-order valence-corrected chi connectivity index (χ4v) is 2.03. The SMILES string of the molecule is O=C1C=CC(=Nc2ccc(O)cc2)C(Br)=C1Br. The standard InChI is InChI=1S/C12H7Br2NO2/c13-11-9(5-6-10(17)12(11)14)15-7-1-3-8(16)4-2-7/h1-6,16H. The minimum absolute atomic E-state index is 0.0958. The molecule has 0 saturated heterocycles. The molecular formula is C12H7Br2NO2. The highest BCUT2D eigenvalue weighted by Gasteiger charge is 2.16. The van der Waals surface area contributed by atoms with Crippen molar-refractivity contribution in [2.45, 2.75) is 0 Å². The summed E-state index contributed by atoms with van der Waals surface area (Å²) in [6, 6.07) is 6.51. The molecule has 0 fully saturated rings. The summed E-state index contributed by atoms with van der Waals surface area (Å²) in [7, 11) is 0. The van der Waals surface area contributed by atoms with Gasteiger partial charge in [-0.3, -0.25) is 4.79 Å². The summed E-state index contributed by atoms with van der Waals surface area (Å²) in [5.74, 6) is 0.0978. The molecule has 3 nitrogen and oxygen atoms in total. The number of carbonyl (C=O) groups excluding carboxylic acids is 1. The van der Waals surface area contributed by atoms with E-state index in [-0.39, 0.29) is 11.5 Å². The predicted octanol–water partition coefficient (Wildman–Crippen LogP) is 3.61. The summed E-state index contributed by atoms with van der Waals surface area (Å²) in [4.78, 5) is 15.7. The van der Waals surface area contributed by atoms with Crippen LogP contribution in [0.25, 0.3) is 0 Å². The molecule has 0 aliphatic heterocycles. The first-order valence-corrected chi connectivity index (χ1v) is 6.32. The summed E-state index contributed by atoms with van der Waals surface area (Å²) in [6.07, 6.45) is 3.10. The average molecular weight is 357 g/mol. The molecule has 0 amide bonds. The second kappa shape index (κ2) is 4.98. The Kier molecular flexibility index (Phi) is 3.59. The van der Waals surface area contributed by atoms with Gasteiger partial charge in [-0.15, -0.1) is 0 Å². The number of benzene rings is 1. The van der Waals surface area contributed by atoms with Crippen molar-refractivity contribution in [2.24, 2.45) is 4.99 Å². The lowest BCUT2D eigenvalue weighted by Crippen LogP contribution is -2.07. The van der Waals surface area contributed by atoms with Crippen molar-refractivity contribution in [1.82, 2.24) is 0 Å². The lowest BCUT2D eigenvalue weighted by molar-refractivity contribution is -0.110. The van der Waals surface area contributed by atoms with E-state index in [1.54, 1.807) is 30.3 Å². The topological polar surface area (TPSA) is 49.7 Å². The molecular weight excluding hydrogens is 350 g/mol. The van der Waals surface area contributed by atoms with Gasteiger partial charge in [-0.1, -0.05) is 0 Å². The molecule has 0 unspecified atom stereocenters. The van der Waals surface area contributed by atoms with E-state index in [1.165, 1.54) is 6.08 Å². The summed E-state index contributed by atoms with van der Waals surface area (Å²) in [6.45, 7) is 0. The monoisotopic (exact) mass is 355 g/mol.